The highest BCUT2D eigenvalue weighted by Gasteiger charge is 2.21. The van der Waals surface area contributed by atoms with Crippen molar-refractivity contribution in [2.24, 2.45) is 0 Å². The van der Waals surface area contributed by atoms with Crippen LogP contribution in [0.4, 0.5) is 0 Å². The van der Waals surface area contributed by atoms with Crippen LogP contribution < -0.4 is 10.6 Å². The number of hydrogen-bond donors (Lipinski definition) is 2. The fourth-order valence-corrected chi connectivity index (χ4v) is 2.68. The van der Waals surface area contributed by atoms with Gasteiger partial charge in [-0.2, -0.15) is 0 Å². The zero-order valence-corrected chi connectivity index (χ0v) is 14.6. The van der Waals surface area contributed by atoms with E-state index in [1.54, 1.807) is 0 Å². The number of halogens is 1. The summed E-state index contributed by atoms with van der Waals surface area (Å²) in [6, 6.07) is 16.7. The van der Waals surface area contributed by atoms with Gasteiger partial charge in [0.05, 0.1) is 6.61 Å². The van der Waals surface area contributed by atoms with Gasteiger partial charge in [-0.1, -0.05) is 54.1 Å². The number of morpholine rings is 1. The van der Waals surface area contributed by atoms with Crippen molar-refractivity contribution in [1.29, 1.82) is 0 Å². The van der Waals surface area contributed by atoms with Crippen LogP contribution in [0, 0.1) is 6.92 Å². The van der Waals surface area contributed by atoms with Crippen LogP contribution in [-0.2, 0) is 16.1 Å². The maximum atomic E-state index is 12.0. The molecule has 0 bridgehead atoms. The summed E-state index contributed by atoms with van der Waals surface area (Å²) in [6.45, 7) is 4.59. The van der Waals surface area contributed by atoms with Gasteiger partial charge in [0.15, 0.2) is 0 Å². The molecule has 2 aromatic carbocycles. The number of carbonyl (C=O) groups is 1. The molecule has 0 aromatic heterocycles. The smallest absolute Gasteiger partial charge is 0.250 e. The molecule has 24 heavy (non-hydrogen) atoms. The van der Waals surface area contributed by atoms with Crippen LogP contribution in [0.3, 0.4) is 0 Å². The van der Waals surface area contributed by atoms with E-state index in [9.17, 15) is 4.79 Å². The summed E-state index contributed by atoms with van der Waals surface area (Å²) in [5, 5.41) is 6.09. The Morgan fingerprint density at radius 2 is 2.00 bits per heavy atom. The van der Waals surface area contributed by atoms with Crippen LogP contribution in [0.15, 0.2) is 48.5 Å². The van der Waals surface area contributed by atoms with E-state index in [2.05, 4.69) is 66.1 Å². The highest BCUT2D eigenvalue weighted by molar-refractivity contribution is 5.85. The lowest BCUT2D eigenvalue weighted by Gasteiger charge is -2.22. The third kappa shape index (κ3) is 4.81. The number of hydrogen-bond acceptors (Lipinski definition) is 3. The Kier molecular flexibility index (Phi) is 6.79. The Morgan fingerprint density at radius 1 is 1.21 bits per heavy atom. The summed E-state index contributed by atoms with van der Waals surface area (Å²) >= 11 is 0. The summed E-state index contributed by atoms with van der Waals surface area (Å²) in [4.78, 5) is 12.0. The lowest BCUT2D eigenvalue weighted by Crippen LogP contribution is -2.47. The van der Waals surface area contributed by atoms with Gasteiger partial charge < -0.3 is 15.4 Å². The van der Waals surface area contributed by atoms with Gasteiger partial charge in [0.1, 0.15) is 6.10 Å². The van der Waals surface area contributed by atoms with Crippen molar-refractivity contribution in [2.45, 2.75) is 19.6 Å². The van der Waals surface area contributed by atoms with Gasteiger partial charge in [-0.3, -0.25) is 4.79 Å². The summed E-state index contributed by atoms with van der Waals surface area (Å²) in [5.41, 5.74) is 4.73. The van der Waals surface area contributed by atoms with Gasteiger partial charge in [-0.15, -0.1) is 12.4 Å². The van der Waals surface area contributed by atoms with Gasteiger partial charge in [0.25, 0.3) is 5.91 Å². The fourth-order valence-electron chi connectivity index (χ4n) is 2.68. The van der Waals surface area contributed by atoms with Gasteiger partial charge in [-0.05, 0) is 23.6 Å². The standard InChI is InChI=1S/C19H22N2O2.ClH/c1-14-3-2-4-17(11-14)16-7-5-15(6-8-16)12-21-19(22)18-13-20-9-10-23-18;/h2-8,11,18,20H,9-10,12-13H2,1H3,(H,21,22);1H. The van der Waals surface area contributed by atoms with Crippen molar-refractivity contribution >= 4 is 18.3 Å². The van der Waals surface area contributed by atoms with E-state index in [1.807, 2.05) is 0 Å². The molecule has 1 aliphatic heterocycles. The predicted molar refractivity (Wildman–Crippen MR) is 98.3 cm³/mol. The summed E-state index contributed by atoms with van der Waals surface area (Å²) in [5.74, 6) is -0.0556. The Hall–Kier alpha value is -1.88. The lowest BCUT2D eigenvalue weighted by molar-refractivity contribution is -0.134. The van der Waals surface area contributed by atoms with Crippen LogP contribution in [0.2, 0.25) is 0 Å². The fraction of sp³-hybridized carbons (Fsp3) is 0.316. The van der Waals surface area contributed by atoms with Crippen LogP contribution in [0.5, 0.6) is 0 Å². The average Bonchev–Trinajstić information content (AvgIpc) is 2.61. The second-order valence-electron chi connectivity index (χ2n) is 5.85. The van der Waals surface area contributed by atoms with E-state index >= 15 is 0 Å². The first-order valence-corrected chi connectivity index (χ1v) is 7.98. The molecule has 1 heterocycles. The zero-order chi connectivity index (χ0) is 16.1. The highest BCUT2D eigenvalue weighted by Crippen LogP contribution is 2.20. The minimum absolute atomic E-state index is 0. The first kappa shape index (κ1) is 18.5. The average molecular weight is 347 g/mol. The van der Waals surface area contributed by atoms with Crippen LogP contribution in [-0.4, -0.2) is 31.7 Å². The Morgan fingerprint density at radius 3 is 2.67 bits per heavy atom. The van der Waals surface area contributed by atoms with Crippen molar-refractivity contribution < 1.29 is 9.53 Å². The molecule has 1 fully saturated rings. The molecule has 5 heteroatoms. The number of nitrogens with one attached hydrogen (secondary N) is 2. The van der Waals surface area contributed by atoms with Gasteiger partial charge >= 0.3 is 0 Å². The van der Waals surface area contributed by atoms with E-state index in [4.69, 9.17) is 4.74 Å². The third-order valence-electron chi connectivity index (χ3n) is 3.99. The normalized spacial score (nSPS) is 17.0. The van der Waals surface area contributed by atoms with Gasteiger partial charge in [-0.25, -0.2) is 0 Å². The molecular weight excluding hydrogens is 324 g/mol. The first-order chi connectivity index (χ1) is 11.2. The quantitative estimate of drug-likeness (QED) is 0.895. The topological polar surface area (TPSA) is 50.4 Å². The molecule has 1 amide bonds. The van der Waals surface area contributed by atoms with E-state index in [0.29, 0.717) is 19.7 Å². The number of carbonyl (C=O) groups excluding carboxylic acids is 1. The molecule has 1 aliphatic rings. The number of rotatable bonds is 4. The zero-order valence-electron chi connectivity index (χ0n) is 13.7. The molecule has 0 saturated carbocycles. The molecule has 1 unspecified atom stereocenters. The molecule has 2 N–H and O–H groups in total. The second-order valence-corrected chi connectivity index (χ2v) is 5.85. The first-order valence-electron chi connectivity index (χ1n) is 7.98. The molecule has 1 atom stereocenters. The van der Waals surface area contributed by atoms with E-state index in [0.717, 1.165) is 12.1 Å². The molecule has 0 spiro atoms. The number of amides is 1. The molecule has 0 radical (unpaired) electrons. The van der Waals surface area contributed by atoms with Crippen molar-refractivity contribution in [1.82, 2.24) is 10.6 Å². The SMILES string of the molecule is Cc1cccc(-c2ccc(CNC(=O)C3CNCCO3)cc2)c1.Cl. The molecule has 4 nitrogen and oxygen atoms in total. The van der Waals surface area contributed by atoms with Crippen molar-refractivity contribution in [3.8, 4) is 11.1 Å². The summed E-state index contributed by atoms with van der Waals surface area (Å²) in [6.07, 6.45) is -0.379. The van der Waals surface area contributed by atoms with Gasteiger partial charge in [0, 0.05) is 19.6 Å². The van der Waals surface area contributed by atoms with E-state index in [-0.39, 0.29) is 24.4 Å². The van der Waals surface area contributed by atoms with Gasteiger partial charge in [0.2, 0.25) is 0 Å². The molecule has 3 rings (SSSR count). The Bertz CT molecular complexity index is 667. The summed E-state index contributed by atoms with van der Waals surface area (Å²) < 4.78 is 5.44. The van der Waals surface area contributed by atoms with Crippen LogP contribution >= 0.6 is 12.4 Å². The molecule has 1 saturated heterocycles. The molecule has 2 aromatic rings. The number of aryl methyl sites for hydroxylation is 1. The van der Waals surface area contributed by atoms with Crippen molar-refractivity contribution in [2.75, 3.05) is 19.7 Å². The molecule has 128 valence electrons. The molecule has 0 aliphatic carbocycles. The number of ether oxygens (including phenoxy) is 1. The molecular formula is C19H23ClN2O2. The van der Waals surface area contributed by atoms with Crippen molar-refractivity contribution in [3.63, 3.8) is 0 Å². The largest absolute Gasteiger partial charge is 0.366 e. The van der Waals surface area contributed by atoms with Crippen molar-refractivity contribution in [3.05, 3.63) is 59.7 Å². The highest BCUT2D eigenvalue weighted by atomic mass is 35.5. The maximum absolute atomic E-state index is 12.0. The van der Waals surface area contributed by atoms with E-state index in [1.165, 1.54) is 16.7 Å². The predicted octanol–water partition coefficient (Wildman–Crippen LogP) is 2.69. The monoisotopic (exact) mass is 346 g/mol. The lowest BCUT2D eigenvalue weighted by atomic mass is 10.0. The second kappa shape index (κ2) is 8.83. The third-order valence-corrected chi connectivity index (χ3v) is 3.99. The number of benzene rings is 2. The Balaban J connectivity index is 0.00000208. The minimum Gasteiger partial charge on any atom is -0.366 e. The summed E-state index contributed by atoms with van der Waals surface area (Å²) in [7, 11) is 0. The van der Waals surface area contributed by atoms with Crippen LogP contribution in [0.1, 0.15) is 11.1 Å². The van der Waals surface area contributed by atoms with E-state index < -0.39 is 0 Å². The Labute approximate surface area is 149 Å². The maximum Gasteiger partial charge on any atom is 0.250 e. The minimum atomic E-state index is -0.379. The van der Waals surface area contributed by atoms with Crippen LogP contribution in [0.25, 0.3) is 11.1 Å².